The normalized spacial score (nSPS) is 12.7. The molecule has 2 aromatic rings. The number of hydrogen-bond acceptors (Lipinski definition) is 4. The fourth-order valence-corrected chi connectivity index (χ4v) is 1.52. The lowest BCUT2D eigenvalue weighted by atomic mass is 10.1. The van der Waals surface area contributed by atoms with E-state index in [1.807, 2.05) is 32.6 Å². The molecule has 2 rings (SSSR count). The van der Waals surface area contributed by atoms with Gasteiger partial charge < -0.3 is 5.73 Å². The van der Waals surface area contributed by atoms with Crippen LogP contribution in [0.25, 0.3) is 11.4 Å². The molecule has 1 atom stereocenters. The van der Waals surface area contributed by atoms with Crippen molar-refractivity contribution in [2.24, 2.45) is 12.8 Å². The lowest BCUT2D eigenvalue weighted by molar-refractivity contribution is 0.732. The van der Waals surface area contributed by atoms with E-state index >= 15 is 0 Å². The molecule has 0 fully saturated rings. The molecule has 0 aliphatic rings. The summed E-state index contributed by atoms with van der Waals surface area (Å²) in [5, 5.41) is 4.08. The zero-order valence-corrected chi connectivity index (χ0v) is 9.46. The van der Waals surface area contributed by atoms with E-state index in [0.717, 1.165) is 17.5 Å². The summed E-state index contributed by atoms with van der Waals surface area (Å²) in [5.74, 6) is 0.696. The Morgan fingerprint density at radius 1 is 1.31 bits per heavy atom. The van der Waals surface area contributed by atoms with Crippen LogP contribution >= 0.6 is 0 Å². The van der Waals surface area contributed by atoms with E-state index in [9.17, 15) is 0 Å². The van der Waals surface area contributed by atoms with E-state index in [0.29, 0.717) is 5.82 Å². The molecule has 5 nitrogen and oxygen atoms in total. The summed E-state index contributed by atoms with van der Waals surface area (Å²) in [7, 11) is 1.87. The number of nitrogens with zero attached hydrogens (tertiary/aromatic N) is 4. The molecule has 0 spiro atoms. The molecule has 84 valence electrons. The molecule has 5 heteroatoms. The van der Waals surface area contributed by atoms with Crippen molar-refractivity contribution >= 4 is 0 Å². The van der Waals surface area contributed by atoms with Gasteiger partial charge >= 0.3 is 0 Å². The number of hydrogen-bond donors (Lipinski definition) is 1. The molecule has 0 bridgehead atoms. The smallest absolute Gasteiger partial charge is 0.162 e. The van der Waals surface area contributed by atoms with Crippen LogP contribution in [-0.2, 0) is 13.5 Å². The third kappa shape index (κ3) is 2.43. The van der Waals surface area contributed by atoms with Crippen LogP contribution in [0.5, 0.6) is 0 Å². The van der Waals surface area contributed by atoms with Crippen LogP contribution in [-0.4, -0.2) is 25.8 Å². The quantitative estimate of drug-likeness (QED) is 0.824. The maximum atomic E-state index is 5.71. The van der Waals surface area contributed by atoms with Gasteiger partial charge in [0.1, 0.15) is 0 Å². The standard InChI is InChI=1S/C11H15N5/c1-8(12)3-9-4-13-11(14-5-9)10-6-15-16(2)7-10/h4-8H,3,12H2,1-2H3. The van der Waals surface area contributed by atoms with Crippen LogP contribution in [0, 0.1) is 0 Å². The van der Waals surface area contributed by atoms with Gasteiger partial charge in [-0.25, -0.2) is 9.97 Å². The van der Waals surface area contributed by atoms with Crippen molar-refractivity contribution in [3.63, 3.8) is 0 Å². The second-order valence-electron chi connectivity index (χ2n) is 4.00. The molecule has 0 radical (unpaired) electrons. The Morgan fingerprint density at radius 2 is 2.00 bits per heavy atom. The van der Waals surface area contributed by atoms with Gasteiger partial charge in [0, 0.05) is 31.7 Å². The molecule has 0 saturated heterocycles. The Labute approximate surface area is 94.3 Å². The van der Waals surface area contributed by atoms with Gasteiger partial charge in [-0.2, -0.15) is 5.10 Å². The molecule has 0 aromatic carbocycles. The van der Waals surface area contributed by atoms with Gasteiger partial charge in [0.25, 0.3) is 0 Å². The van der Waals surface area contributed by atoms with Gasteiger partial charge in [-0.3, -0.25) is 4.68 Å². The van der Waals surface area contributed by atoms with Crippen molar-refractivity contribution in [2.75, 3.05) is 0 Å². The highest BCUT2D eigenvalue weighted by Gasteiger charge is 2.04. The summed E-state index contributed by atoms with van der Waals surface area (Å²) in [5.41, 5.74) is 7.69. The average molecular weight is 217 g/mol. The summed E-state index contributed by atoms with van der Waals surface area (Å²) in [6, 6.07) is 0.132. The topological polar surface area (TPSA) is 69.6 Å². The first-order chi connectivity index (χ1) is 7.65. The fraction of sp³-hybridized carbons (Fsp3) is 0.364. The lowest BCUT2D eigenvalue weighted by Crippen LogP contribution is -2.17. The van der Waals surface area contributed by atoms with Crippen LogP contribution in [0.3, 0.4) is 0 Å². The Hall–Kier alpha value is -1.75. The van der Waals surface area contributed by atoms with E-state index in [2.05, 4.69) is 15.1 Å². The first-order valence-corrected chi connectivity index (χ1v) is 5.20. The van der Waals surface area contributed by atoms with Gasteiger partial charge in [0.2, 0.25) is 0 Å². The molecule has 0 aliphatic carbocycles. The van der Waals surface area contributed by atoms with Crippen molar-refractivity contribution in [1.29, 1.82) is 0 Å². The molecule has 1 unspecified atom stereocenters. The largest absolute Gasteiger partial charge is 0.328 e. The number of nitrogens with two attached hydrogens (primary N) is 1. The Morgan fingerprint density at radius 3 is 2.50 bits per heavy atom. The van der Waals surface area contributed by atoms with Gasteiger partial charge in [-0.05, 0) is 18.9 Å². The summed E-state index contributed by atoms with van der Waals surface area (Å²) < 4.78 is 1.73. The van der Waals surface area contributed by atoms with Crippen molar-refractivity contribution in [3.8, 4) is 11.4 Å². The zero-order chi connectivity index (χ0) is 11.5. The SMILES string of the molecule is CC(N)Cc1cnc(-c2cnn(C)c2)nc1. The van der Waals surface area contributed by atoms with Gasteiger partial charge in [0.15, 0.2) is 5.82 Å². The molecule has 2 heterocycles. The van der Waals surface area contributed by atoms with Crippen molar-refractivity contribution in [1.82, 2.24) is 19.7 Å². The minimum Gasteiger partial charge on any atom is -0.328 e. The average Bonchev–Trinajstić information content (AvgIpc) is 2.65. The van der Waals surface area contributed by atoms with Crippen LogP contribution in [0.15, 0.2) is 24.8 Å². The van der Waals surface area contributed by atoms with E-state index in [1.165, 1.54) is 0 Å². The highest BCUT2D eigenvalue weighted by atomic mass is 15.2. The predicted molar refractivity (Wildman–Crippen MR) is 61.6 cm³/mol. The first-order valence-electron chi connectivity index (χ1n) is 5.20. The minimum absolute atomic E-state index is 0.132. The first kappa shape index (κ1) is 10.8. The maximum Gasteiger partial charge on any atom is 0.162 e. The number of aromatic nitrogens is 4. The molecule has 2 N–H and O–H groups in total. The van der Waals surface area contributed by atoms with Gasteiger partial charge in [-0.15, -0.1) is 0 Å². The maximum absolute atomic E-state index is 5.71. The van der Waals surface area contributed by atoms with Crippen molar-refractivity contribution in [2.45, 2.75) is 19.4 Å². The predicted octanol–water partition coefficient (Wildman–Crippen LogP) is 0.767. The minimum atomic E-state index is 0.132. The summed E-state index contributed by atoms with van der Waals surface area (Å²) in [6.45, 7) is 1.97. The fourth-order valence-electron chi connectivity index (χ4n) is 1.52. The summed E-state index contributed by atoms with van der Waals surface area (Å²) in [4.78, 5) is 8.59. The second kappa shape index (κ2) is 4.40. The highest BCUT2D eigenvalue weighted by molar-refractivity contribution is 5.51. The second-order valence-corrected chi connectivity index (χ2v) is 4.00. The summed E-state index contributed by atoms with van der Waals surface area (Å²) >= 11 is 0. The zero-order valence-electron chi connectivity index (χ0n) is 9.46. The molecule has 0 amide bonds. The Bertz CT molecular complexity index is 457. The van der Waals surface area contributed by atoms with Crippen molar-refractivity contribution in [3.05, 3.63) is 30.4 Å². The third-order valence-corrected chi connectivity index (χ3v) is 2.23. The monoisotopic (exact) mass is 217 g/mol. The Balaban J connectivity index is 2.19. The number of aryl methyl sites for hydroxylation is 1. The molecule has 0 aliphatic heterocycles. The van der Waals surface area contributed by atoms with Crippen LogP contribution in [0.1, 0.15) is 12.5 Å². The molecule has 16 heavy (non-hydrogen) atoms. The highest BCUT2D eigenvalue weighted by Crippen LogP contribution is 2.12. The van der Waals surface area contributed by atoms with Crippen molar-refractivity contribution < 1.29 is 0 Å². The van der Waals surface area contributed by atoms with E-state index in [1.54, 1.807) is 10.9 Å². The number of rotatable bonds is 3. The molecular weight excluding hydrogens is 202 g/mol. The lowest BCUT2D eigenvalue weighted by Gasteiger charge is -2.04. The Kier molecular flexibility index (Phi) is 2.96. The molecule has 2 aromatic heterocycles. The molecule has 0 saturated carbocycles. The van der Waals surface area contributed by atoms with Crippen LogP contribution < -0.4 is 5.73 Å². The van der Waals surface area contributed by atoms with E-state index < -0.39 is 0 Å². The molecular formula is C11H15N5. The van der Waals surface area contributed by atoms with Crippen LogP contribution in [0.2, 0.25) is 0 Å². The summed E-state index contributed by atoms with van der Waals surface area (Å²) in [6.07, 6.45) is 8.08. The van der Waals surface area contributed by atoms with E-state index in [-0.39, 0.29) is 6.04 Å². The van der Waals surface area contributed by atoms with Gasteiger partial charge in [-0.1, -0.05) is 0 Å². The third-order valence-electron chi connectivity index (χ3n) is 2.23. The van der Waals surface area contributed by atoms with Gasteiger partial charge in [0.05, 0.1) is 11.8 Å². The van der Waals surface area contributed by atoms with Crippen LogP contribution in [0.4, 0.5) is 0 Å². The van der Waals surface area contributed by atoms with E-state index in [4.69, 9.17) is 5.73 Å².